The molecule has 0 fully saturated rings. The van der Waals surface area contributed by atoms with Crippen molar-refractivity contribution < 1.29 is 4.74 Å². The SMILES string of the molecule is CCC[CH2][Sn]([CH2]CCC)([CH2]CCC)[S][C](OC)n1nnc2ccccc21. The summed E-state index contributed by atoms with van der Waals surface area (Å²) >= 11 is -2.41. The summed E-state index contributed by atoms with van der Waals surface area (Å²) in [5.74, 6) is 0. The molecule has 0 unspecified atom stereocenters. The minimum absolute atomic E-state index is 0.930. The van der Waals surface area contributed by atoms with Crippen molar-refractivity contribution in [3.63, 3.8) is 0 Å². The average molecular weight is 483 g/mol. The molecule has 1 heterocycles. The Morgan fingerprint density at radius 1 is 1.00 bits per heavy atom. The molecule has 0 aliphatic rings. The van der Waals surface area contributed by atoms with Crippen LogP contribution in [0.1, 0.15) is 59.3 Å². The molecule has 26 heavy (non-hydrogen) atoms. The van der Waals surface area contributed by atoms with Crippen LogP contribution in [0.3, 0.4) is 0 Å². The Morgan fingerprint density at radius 2 is 1.58 bits per heavy atom. The molecule has 0 N–H and O–H groups in total. The molecule has 0 saturated heterocycles. The van der Waals surface area contributed by atoms with Crippen LogP contribution in [0.2, 0.25) is 13.3 Å². The number of unbranched alkanes of at least 4 members (excludes halogenated alkanes) is 3. The van der Waals surface area contributed by atoms with Gasteiger partial charge in [-0.15, -0.1) is 0 Å². The number of fused-ring (bicyclic) bond motifs is 1. The molecule has 1 aromatic heterocycles. The normalized spacial score (nSPS) is 12.3. The predicted molar refractivity (Wildman–Crippen MR) is 116 cm³/mol. The number of hydrogen-bond donors (Lipinski definition) is 0. The van der Waals surface area contributed by atoms with Gasteiger partial charge in [0.15, 0.2) is 0 Å². The zero-order valence-electron chi connectivity index (χ0n) is 16.8. The topological polar surface area (TPSA) is 39.9 Å². The van der Waals surface area contributed by atoms with E-state index in [2.05, 4.69) is 46.1 Å². The van der Waals surface area contributed by atoms with Gasteiger partial charge in [0.2, 0.25) is 0 Å². The van der Waals surface area contributed by atoms with E-state index in [4.69, 9.17) is 4.74 Å². The number of benzene rings is 1. The number of para-hydroxylation sites is 1. The number of hydrogen-bond acceptors (Lipinski definition) is 4. The molecule has 0 atom stereocenters. The molecule has 1 radical (unpaired) electrons. The minimum atomic E-state index is -2.41. The summed E-state index contributed by atoms with van der Waals surface area (Å²) in [5, 5.41) is 8.74. The summed E-state index contributed by atoms with van der Waals surface area (Å²) in [7, 11) is 3.88. The Labute approximate surface area is 165 Å². The summed E-state index contributed by atoms with van der Waals surface area (Å²) < 4.78 is 12.1. The van der Waals surface area contributed by atoms with E-state index in [0.717, 1.165) is 16.6 Å². The Morgan fingerprint density at radius 3 is 2.12 bits per heavy atom. The first kappa shape index (κ1) is 22.0. The summed E-state index contributed by atoms with van der Waals surface area (Å²) in [6.07, 6.45) is 7.91. The first-order chi connectivity index (χ1) is 12.7. The average Bonchev–Trinajstić information content (AvgIpc) is 3.11. The van der Waals surface area contributed by atoms with Gasteiger partial charge in [0.25, 0.3) is 0 Å². The van der Waals surface area contributed by atoms with Crippen LogP contribution in [0.5, 0.6) is 0 Å². The Kier molecular flexibility index (Phi) is 9.78. The van der Waals surface area contributed by atoms with Crippen LogP contribution >= 0.6 is 8.95 Å². The van der Waals surface area contributed by atoms with E-state index in [1.54, 1.807) is 7.11 Å². The third kappa shape index (κ3) is 5.86. The van der Waals surface area contributed by atoms with Gasteiger partial charge in [-0.1, -0.05) is 0 Å². The molecule has 1 aromatic carbocycles. The van der Waals surface area contributed by atoms with E-state index >= 15 is 0 Å². The van der Waals surface area contributed by atoms with E-state index in [1.165, 1.54) is 51.8 Å². The molecule has 0 spiro atoms. The summed E-state index contributed by atoms with van der Waals surface area (Å²) in [6, 6.07) is 8.14. The van der Waals surface area contributed by atoms with Crippen molar-refractivity contribution in [3.05, 3.63) is 29.8 Å². The predicted octanol–water partition coefficient (Wildman–Crippen LogP) is 6.45. The van der Waals surface area contributed by atoms with Gasteiger partial charge in [0, 0.05) is 0 Å². The van der Waals surface area contributed by atoms with Gasteiger partial charge in [0.1, 0.15) is 0 Å². The Balaban J connectivity index is 2.29. The van der Waals surface area contributed by atoms with Gasteiger partial charge in [-0.05, 0) is 0 Å². The third-order valence-electron chi connectivity index (χ3n) is 4.96. The standard InChI is InChI=1S/C8H7N3OS.3C4H9.Sn/c1-12-8(13)11-7-5-3-2-4-6(7)9-10-11;3*1-3-4-2;/h2-5H,1H3;3*1,3-4H2,2H3;/q-1;;;;+1. The number of ether oxygens (including phenoxy) is 1. The van der Waals surface area contributed by atoms with Crippen molar-refractivity contribution >= 4 is 37.0 Å². The monoisotopic (exact) mass is 484 g/mol. The second-order valence-electron chi connectivity index (χ2n) is 7.06. The fourth-order valence-electron chi connectivity index (χ4n) is 3.39. The van der Waals surface area contributed by atoms with Crippen molar-refractivity contribution in [2.45, 2.75) is 72.6 Å². The van der Waals surface area contributed by atoms with Crippen LogP contribution in [-0.4, -0.2) is 39.1 Å². The van der Waals surface area contributed by atoms with E-state index in [9.17, 15) is 0 Å². The zero-order chi connectivity index (χ0) is 18.8. The Hall–Kier alpha value is -0.271. The first-order valence-electron chi connectivity index (χ1n) is 10.1. The molecule has 2 aromatic rings. The number of nitrogens with zero attached hydrogens (tertiary/aromatic N) is 3. The number of aromatic nitrogens is 3. The van der Waals surface area contributed by atoms with Gasteiger partial charge in [-0.2, -0.15) is 0 Å². The molecular weight excluding hydrogens is 449 g/mol. The van der Waals surface area contributed by atoms with Crippen molar-refractivity contribution in [2.24, 2.45) is 0 Å². The molecular formula is C20H34N3OSSn. The fourth-order valence-corrected chi connectivity index (χ4v) is 25.2. The fraction of sp³-hybridized carbons (Fsp3) is 0.650. The van der Waals surface area contributed by atoms with E-state index < -0.39 is 17.0 Å². The van der Waals surface area contributed by atoms with Crippen LogP contribution in [0, 0.1) is 5.56 Å². The molecule has 6 heteroatoms. The Bertz CT molecular complexity index is 627. The molecule has 145 valence electrons. The van der Waals surface area contributed by atoms with Crippen molar-refractivity contribution in [3.8, 4) is 0 Å². The van der Waals surface area contributed by atoms with E-state index in [1.807, 2.05) is 22.9 Å². The van der Waals surface area contributed by atoms with Crippen LogP contribution in [0.25, 0.3) is 11.0 Å². The maximum atomic E-state index is 5.89. The van der Waals surface area contributed by atoms with E-state index in [-0.39, 0.29) is 0 Å². The summed E-state index contributed by atoms with van der Waals surface area (Å²) in [5.41, 5.74) is 2.91. The molecule has 0 saturated carbocycles. The first-order valence-corrected chi connectivity index (χ1v) is 20.5. The molecule has 0 amide bonds. The summed E-state index contributed by atoms with van der Waals surface area (Å²) in [4.78, 5) is 0. The van der Waals surface area contributed by atoms with Crippen LogP contribution < -0.4 is 0 Å². The van der Waals surface area contributed by atoms with Crippen LogP contribution in [-0.2, 0) is 4.74 Å². The van der Waals surface area contributed by atoms with Crippen LogP contribution in [0.15, 0.2) is 24.3 Å². The van der Waals surface area contributed by atoms with Gasteiger partial charge in [0.05, 0.1) is 0 Å². The van der Waals surface area contributed by atoms with Crippen LogP contribution in [0.4, 0.5) is 0 Å². The zero-order valence-corrected chi connectivity index (χ0v) is 20.5. The van der Waals surface area contributed by atoms with Gasteiger partial charge in [-0.3, -0.25) is 0 Å². The van der Waals surface area contributed by atoms with Gasteiger partial charge in [-0.25, -0.2) is 0 Å². The molecule has 0 aliphatic carbocycles. The van der Waals surface area contributed by atoms with Crippen molar-refractivity contribution in [2.75, 3.05) is 7.11 Å². The quantitative estimate of drug-likeness (QED) is 0.307. The van der Waals surface area contributed by atoms with E-state index in [0.29, 0.717) is 0 Å². The van der Waals surface area contributed by atoms with Crippen molar-refractivity contribution in [1.82, 2.24) is 15.0 Å². The van der Waals surface area contributed by atoms with Crippen molar-refractivity contribution in [1.29, 1.82) is 0 Å². The third-order valence-corrected chi connectivity index (χ3v) is 26.0. The maximum absolute atomic E-state index is 5.89. The van der Waals surface area contributed by atoms with Gasteiger partial charge < -0.3 is 0 Å². The van der Waals surface area contributed by atoms with Gasteiger partial charge >= 0.3 is 166 Å². The molecule has 0 bridgehead atoms. The number of rotatable bonds is 13. The molecule has 2 rings (SSSR count). The molecule has 0 aliphatic heterocycles. The second-order valence-corrected chi connectivity index (χ2v) is 26.2. The number of methoxy groups -OCH3 is 1. The summed E-state index contributed by atoms with van der Waals surface area (Å²) in [6.45, 7) is 6.94. The molecule has 4 nitrogen and oxygen atoms in total. The second kappa shape index (κ2) is 11.5.